The fourth-order valence-electron chi connectivity index (χ4n) is 2.30. The summed E-state index contributed by atoms with van der Waals surface area (Å²) in [6.07, 6.45) is 5.09. The van der Waals surface area contributed by atoms with Gasteiger partial charge in [0.1, 0.15) is 5.82 Å². The lowest BCUT2D eigenvalue weighted by Crippen LogP contribution is -2.24. The van der Waals surface area contributed by atoms with Crippen LogP contribution in [0, 0.1) is 0 Å². The lowest BCUT2D eigenvalue weighted by molar-refractivity contribution is -0.116. The molecule has 1 heterocycles. The molecule has 1 amide bonds. The highest BCUT2D eigenvalue weighted by Gasteiger charge is 2.09. The van der Waals surface area contributed by atoms with Crippen LogP contribution in [0.3, 0.4) is 0 Å². The second-order valence-electron chi connectivity index (χ2n) is 4.71. The van der Waals surface area contributed by atoms with Gasteiger partial charge in [-0.05, 0) is 31.6 Å². The summed E-state index contributed by atoms with van der Waals surface area (Å²) in [6, 6.07) is 8.17. The number of aromatic nitrogens is 2. The van der Waals surface area contributed by atoms with E-state index < -0.39 is 0 Å². The van der Waals surface area contributed by atoms with Crippen molar-refractivity contribution in [2.45, 2.75) is 33.2 Å². The first-order valence-corrected chi connectivity index (χ1v) is 7.11. The predicted molar refractivity (Wildman–Crippen MR) is 81.6 cm³/mol. The Morgan fingerprint density at radius 2 is 2.20 bits per heavy atom. The Morgan fingerprint density at radius 3 is 2.95 bits per heavy atom. The second kappa shape index (κ2) is 6.89. The molecule has 0 saturated heterocycles. The first-order chi connectivity index (χ1) is 9.76. The van der Waals surface area contributed by atoms with Gasteiger partial charge in [0.05, 0.1) is 11.0 Å². The van der Waals surface area contributed by atoms with Crippen LogP contribution in [0.2, 0.25) is 0 Å². The highest BCUT2D eigenvalue weighted by atomic mass is 16.1. The fourth-order valence-corrected chi connectivity index (χ4v) is 2.30. The van der Waals surface area contributed by atoms with Crippen LogP contribution < -0.4 is 5.32 Å². The summed E-state index contributed by atoms with van der Waals surface area (Å²) in [5, 5.41) is 2.87. The van der Waals surface area contributed by atoms with Gasteiger partial charge in [0.25, 0.3) is 0 Å². The maximum Gasteiger partial charge on any atom is 0.243 e. The van der Waals surface area contributed by atoms with Crippen molar-refractivity contribution in [3.05, 3.63) is 42.2 Å². The molecular formula is C16H21N3O. The summed E-state index contributed by atoms with van der Waals surface area (Å²) in [6.45, 7) is 5.56. The van der Waals surface area contributed by atoms with Gasteiger partial charge in [0.2, 0.25) is 5.91 Å². The number of rotatable bonds is 6. The second-order valence-corrected chi connectivity index (χ2v) is 4.71. The molecular weight excluding hydrogens is 250 g/mol. The van der Waals surface area contributed by atoms with Crippen LogP contribution in [0.1, 0.15) is 26.1 Å². The molecule has 4 heteroatoms. The summed E-state index contributed by atoms with van der Waals surface area (Å²) in [4.78, 5) is 16.1. The highest BCUT2D eigenvalue weighted by Crippen LogP contribution is 2.16. The number of carbonyl (C=O) groups is 1. The molecule has 0 radical (unpaired) electrons. The van der Waals surface area contributed by atoms with E-state index in [1.807, 2.05) is 25.1 Å². The van der Waals surface area contributed by atoms with E-state index in [1.165, 1.54) is 11.6 Å². The summed E-state index contributed by atoms with van der Waals surface area (Å²) in [5.74, 6) is 0.986. The molecule has 0 saturated carbocycles. The minimum absolute atomic E-state index is 0.0503. The molecule has 0 atom stereocenters. The number of para-hydroxylation sites is 2. The number of fused-ring (bicyclic) bond motifs is 1. The SMILES string of the molecule is C/C=C/C(=O)NCCc1nc2ccccc2n1CCC. The van der Waals surface area contributed by atoms with E-state index in [9.17, 15) is 4.79 Å². The Balaban J connectivity index is 2.12. The molecule has 0 spiro atoms. The quantitative estimate of drug-likeness (QED) is 0.821. The molecule has 106 valence electrons. The smallest absolute Gasteiger partial charge is 0.243 e. The van der Waals surface area contributed by atoms with Crippen LogP contribution >= 0.6 is 0 Å². The van der Waals surface area contributed by atoms with Gasteiger partial charge in [-0.25, -0.2) is 4.98 Å². The van der Waals surface area contributed by atoms with Crippen LogP contribution in [-0.2, 0) is 17.8 Å². The zero-order valence-electron chi connectivity index (χ0n) is 12.1. The molecule has 0 fully saturated rings. The molecule has 0 unspecified atom stereocenters. The van der Waals surface area contributed by atoms with Crippen molar-refractivity contribution in [1.29, 1.82) is 0 Å². The largest absolute Gasteiger partial charge is 0.352 e. The fraction of sp³-hybridized carbons (Fsp3) is 0.375. The average Bonchev–Trinajstić information content (AvgIpc) is 2.78. The summed E-state index contributed by atoms with van der Waals surface area (Å²) in [7, 11) is 0. The number of allylic oxidation sites excluding steroid dienone is 1. The van der Waals surface area contributed by atoms with Gasteiger partial charge in [0, 0.05) is 19.5 Å². The first kappa shape index (κ1) is 14.3. The van der Waals surface area contributed by atoms with Crippen LogP contribution in [0.5, 0.6) is 0 Å². The Bertz CT molecular complexity index is 613. The van der Waals surface area contributed by atoms with E-state index in [-0.39, 0.29) is 5.91 Å². The lowest BCUT2D eigenvalue weighted by Gasteiger charge is -2.08. The van der Waals surface area contributed by atoms with E-state index in [1.54, 1.807) is 6.08 Å². The van der Waals surface area contributed by atoms with Crippen LogP contribution in [0.4, 0.5) is 0 Å². The molecule has 2 aromatic rings. The van der Waals surface area contributed by atoms with Crippen molar-refractivity contribution in [2.75, 3.05) is 6.54 Å². The predicted octanol–water partition coefficient (Wildman–Crippen LogP) is 2.68. The molecule has 20 heavy (non-hydrogen) atoms. The van der Waals surface area contributed by atoms with Gasteiger partial charge in [-0.1, -0.05) is 25.1 Å². The third kappa shape index (κ3) is 3.26. The third-order valence-electron chi connectivity index (χ3n) is 3.15. The Morgan fingerprint density at radius 1 is 1.40 bits per heavy atom. The van der Waals surface area contributed by atoms with Gasteiger partial charge in [-0.3, -0.25) is 4.79 Å². The molecule has 0 bridgehead atoms. The van der Waals surface area contributed by atoms with Crippen LogP contribution in [-0.4, -0.2) is 22.0 Å². The standard InChI is InChI=1S/C16H21N3O/c1-3-7-16(20)17-11-10-15-18-13-8-5-6-9-14(13)19(15)12-4-2/h3,5-9H,4,10-12H2,1-2H3,(H,17,20)/b7-3+. The van der Waals surface area contributed by atoms with E-state index in [4.69, 9.17) is 0 Å². The topological polar surface area (TPSA) is 46.9 Å². The molecule has 0 aliphatic rings. The van der Waals surface area contributed by atoms with Crippen molar-refractivity contribution < 1.29 is 4.79 Å². The van der Waals surface area contributed by atoms with Crippen molar-refractivity contribution in [2.24, 2.45) is 0 Å². The zero-order chi connectivity index (χ0) is 14.4. The van der Waals surface area contributed by atoms with Gasteiger partial charge in [-0.15, -0.1) is 0 Å². The molecule has 2 rings (SSSR count). The van der Waals surface area contributed by atoms with Crippen molar-refractivity contribution in [1.82, 2.24) is 14.9 Å². The maximum absolute atomic E-state index is 11.4. The Kier molecular flexibility index (Phi) is 4.93. The Hall–Kier alpha value is -2.10. The number of benzene rings is 1. The zero-order valence-corrected chi connectivity index (χ0v) is 12.1. The highest BCUT2D eigenvalue weighted by molar-refractivity contribution is 5.87. The summed E-state index contributed by atoms with van der Waals surface area (Å²) >= 11 is 0. The maximum atomic E-state index is 11.4. The van der Waals surface area contributed by atoms with E-state index >= 15 is 0 Å². The third-order valence-corrected chi connectivity index (χ3v) is 3.15. The van der Waals surface area contributed by atoms with E-state index in [2.05, 4.69) is 27.9 Å². The number of nitrogens with one attached hydrogen (secondary N) is 1. The van der Waals surface area contributed by atoms with Crippen LogP contribution in [0.15, 0.2) is 36.4 Å². The van der Waals surface area contributed by atoms with Gasteiger partial charge < -0.3 is 9.88 Å². The number of carbonyl (C=O) groups excluding carboxylic acids is 1. The summed E-state index contributed by atoms with van der Waals surface area (Å²) < 4.78 is 2.25. The minimum atomic E-state index is -0.0503. The van der Waals surface area contributed by atoms with Crippen LogP contribution in [0.25, 0.3) is 11.0 Å². The number of aryl methyl sites for hydroxylation is 1. The van der Waals surface area contributed by atoms with E-state index in [0.717, 1.165) is 30.7 Å². The average molecular weight is 271 g/mol. The summed E-state index contributed by atoms with van der Waals surface area (Å²) in [5.41, 5.74) is 2.19. The number of amides is 1. The van der Waals surface area contributed by atoms with Gasteiger partial charge in [0.15, 0.2) is 0 Å². The molecule has 4 nitrogen and oxygen atoms in total. The monoisotopic (exact) mass is 271 g/mol. The molecule has 1 N–H and O–H groups in total. The minimum Gasteiger partial charge on any atom is -0.352 e. The lowest BCUT2D eigenvalue weighted by atomic mass is 10.3. The molecule has 1 aromatic heterocycles. The molecule has 0 aliphatic carbocycles. The number of hydrogen-bond acceptors (Lipinski definition) is 2. The molecule has 1 aromatic carbocycles. The van der Waals surface area contributed by atoms with Crippen molar-refractivity contribution in [3.63, 3.8) is 0 Å². The molecule has 0 aliphatic heterocycles. The first-order valence-electron chi connectivity index (χ1n) is 7.11. The normalized spacial score (nSPS) is 11.3. The number of imidazole rings is 1. The van der Waals surface area contributed by atoms with Crippen molar-refractivity contribution >= 4 is 16.9 Å². The van der Waals surface area contributed by atoms with Gasteiger partial charge >= 0.3 is 0 Å². The van der Waals surface area contributed by atoms with Gasteiger partial charge in [-0.2, -0.15) is 0 Å². The van der Waals surface area contributed by atoms with Crippen molar-refractivity contribution in [3.8, 4) is 0 Å². The number of hydrogen-bond donors (Lipinski definition) is 1. The Labute approximate surface area is 119 Å². The van der Waals surface area contributed by atoms with E-state index in [0.29, 0.717) is 6.54 Å². The number of nitrogens with zero attached hydrogens (tertiary/aromatic N) is 2.